The summed E-state index contributed by atoms with van der Waals surface area (Å²) < 4.78 is 0. The molecule has 25 heavy (non-hydrogen) atoms. The molecule has 0 spiro atoms. The standard InChI is InChI=1S/C23H32OS/c1-2-3-4-5-6-7-9-18-12-13-20-17-22-19(16-21(18)20)10-8-11-23(22)25-15-14-24/h7-11,14,18,20-21H,2-6,12-13,15-17H2,1H3/b9-7+/t18?,20-,21-/m1/s1. The lowest BCUT2D eigenvalue weighted by Crippen LogP contribution is -2.24. The van der Waals surface area contributed by atoms with Crippen LogP contribution in [-0.4, -0.2) is 12.0 Å². The van der Waals surface area contributed by atoms with Gasteiger partial charge in [-0.05, 0) is 73.5 Å². The molecule has 3 rings (SSSR count). The van der Waals surface area contributed by atoms with Crippen molar-refractivity contribution in [2.75, 3.05) is 5.75 Å². The lowest BCUT2D eigenvalue weighted by atomic mass is 9.75. The molecule has 2 aliphatic rings. The Morgan fingerprint density at radius 1 is 1.16 bits per heavy atom. The van der Waals surface area contributed by atoms with E-state index in [1.54, 1.807) is 22.9 Å². The molecule has 0 heterocycles. The monoisotopic (exact) mass is 356 g/mol. The highest BCUT2D eigenvalue weighted by Gasteiger charge is 2.38. The lowest BCUT2D eigenvalue weighted by Gasteiger charge is -2.31. The SMILES string of the molecule is CCCCCC/C=C/C1CC[C@@H]2Cc3c(cccc3SCC=O)C[C@H]12. The average molecular weight is 357 g/mol. The third-order valence-electron chi connectivity index (χ3n) is 6.09. The van der Waals surface area contributed by atoms with Gasteiger partial charge in [0, 0.05) is 4.90 Å². The van der Waals surface area contributed by atoms with Crippen LogP contribution >= 0.6 is 11.8 Å². The normalized spacial score (nSPS) is 25.1. The van der Waals surface area contributed by atoms with Crippen molar-refractivity contribution in [3.63, 3.8) is 0 Å². The van der Waals surface area contributed by atoms with E-state index in [9.17, 15) is 4.79 Å². The van der Waals surface area contributed by atoms with Crippen LogP contribution in [0.1, 0.15) is 63.0 Å². The van der Waals surface area contributed by atoms with E-state index in [1.807, 2.05) is 0 Å². The molecule has 136 valence electrons. The molecule has 2 heteroatoms. The van der Waals surface area contributed by atoms with Crippen molar-refractivity contribution in [1.82, 2.24) is 0 Å². The predicted octanol–water partition coefficient (Wildman–Crippen LogP) is 6.25. The van der Waals surface area contributed by atoms with Crippen LogP contribution in [0.25, 0.3) is 0 Å². The highest BCUT2D eigenvalue weighted by molar-refractivity contribution is 8.00. The Balaban J connectivity index is 1.60. The Bertz CT molecular complexity index is 592. The van der Waals surface area contributed by atoms with Crippen molar-refractivity contribution in [2.45, 2.75) is 69.6 Å². The minimum atomic E-state index is 0.577. The quantitative estimate of drug-likeness (QED) is 0.225. The highest BCUT2D eigenvalue weighted by Crippen LogP contribution is 2.47. The Labute approximate surface area is 157 Å². The second-order valence-electron chi connectivity index (χ2n) is 7.72. The van der Waals surface area contributed by atoms with E-state index in [-0.39, 0.29) is 0 Å². The number of carbonyl (C=O) groups excluding carboxylic acids is 1. The molecule has 1 unspecified atom stereocenters. The topological polar surface area (TPSA) is 17.1 Å². The van der Waals surface area contributed by atoms with E-state index in [0.717, 1.165) is 24.0 Å². The third-order valence-corrected chi connectivity index (χ3v) is 7.09. The minimum absolute atomic E-state index is 0.577. The zero-order valence-corrected chi connectivity index (χ0v) is 16.4. The number of rotatable bonds is 9. The molecule has 0 aliphatic heterocycles. The molecule has 2 aliphatic carbocycles. The van der Waals surface area contributed by atoms with Crippen LogP contribution < -0.4 is 0 Å². The number of hydrogen-bond donors (Lipinski definition) is 0. The van der Waals surface area contributed by atoms with E-state index < -0.39 is 0 Å². The Hall–Kier alpha value is -1.02. The van der Waals surface area contributed by atoms with Crippen LogP contribution in [0.5, 0.6) is 0 Å². The molecule has 0 radical (unpaired) electrons. The van der Waals surface area contributed by atoms with Gasteiger partial charge in [-0.1, -0.05) is 50.5 Å². The first-order chi connectivity index (χ1) is 12.3. The largest absolute Gasteiger partial charge is 0.302 e. The molecule has 1 nitrogen and oxygen atoms in total. The number of fused-ring (bicyclic) bond motifs is 2. The van der Waals surface area contributed by atoms with Gasteiger partial charge in [0.25, 0.3) is 0 Å². The van der Waals surface area contributed by atoms with E-state index in [2.05, 4.69) is 37.3 Å². The summed E-state index contributed by atoms with van der Waals surface area (Å²) in [5.74, 6) is 3.05. The average Bonchev–Trinajstić information content (AvgIpc) is 3.03. The number of benzene rings is 1. The van der Waals surface area contributed by atoms with Crippen molar-refractivity contribution >= 4 is 18.0 Å². The lowest BCUT2D eigenvalue weighted by molar-refractivity contribution is -0.105. The molecule has 1 fully saturated rings. The summed E-state index contributed by atoms with van der Waals surface area (Å²) in [6.45, 7) is 2.28. The van der Waals surface area contributed by atoms with E-state index in [1.165, 1.54) is 62.7 Å². The van der Waals surface area contributed by atoms with Gasteiger partial charge in [-0.25, -0.2) is 0 Å². The maximum atomic E-state index is 10.7. The predicted molar refractivity (Wildman–Crippen MR) is 108 cm³/mol. The first kappa shape index (κ1) is 18.8. The second kappa shape index (κ2) is 9.62. The van der Waals surface area contributed by atoms with Crippen LogP contribution in [-0.2, 0) is 17.6 Å². The molecule has 0 N–H and O–H groups in total. The maximum Gasteiger partial charge on any atom is 0.130 e. The van der Waals surface area contributed by atoms with Gasteiger partial charge in [0.15, 0.2) is 0 Å². The van der Waals surface area contributed by atoms with Crippen molar-refractivity contribution in [3.05, 3.63) is 41.5 Å². The summed E-state index contributed by atoms with van der Waals surface area (Å²) >= 11 is 1.71. The number of unbranched alkanes of at least 4 members (excludes halogenated alkanes) is 4. The van der Waals surface area contributed by atoms with E-state index in [4.69, 9.17) is 0 Å². The first-order valence-electron chi connectivity index (χ1n) is 10.2. The Morgan fingerprint density at radius 3 is 2.92 bits per heavy atom. The zero-order valence-electron chi connectivity index (χ0n) is 15.6. The van der Waals surface area contributed by atoms with Crippen LogP contribution in [0.2, 0.25) is 0 Å². The van der Waals surface area contributed by atoms with Gasteiger partial charge >= 0.3 is 0 Å². The molecule has 1 aromatic rings. The summed E-state index contributed by atoms with van der Waals surface area (Å²) in [5.41, 5.74) is 3.08. The van der Waals surface area contributed by atoms with Gasteiger partial charge in [-0.3, -0.25) is 0 Å². The van der Waals surface area contributed by atoms with Crippen LogP contribution in [0.3, 0.4) is 0 Å². The third kappa shape index (κ3) is 4.78. The van der Waals surface area contributed by atoms with Crippen molar-refractivity contribution in [3.8, 4) is 0 Å². The zero-order chi connectivity index (χ0) is 17.5. The fourth-order valence-electron chi connectivity index (χ4n) is 4.76. The highest BCUT2D eigenvalue weighted by atomic mass is 32.2. The second-order valence-corrected chi connectivity index (χ2v) is 8.78. The molecule has 1 aromatic carbocycles. The fraction of sp³-hybridized carbons (Fsp3) is 0.609. The van der Waals surface area contributed by atoms with Crippen LogP contribution in [0, 0.1) is 17.8 Å². The van der Waals surface area contributed by atoms with Crippen molar-refractivity contribution in [1.29, 1.82) is 0 Å². The number of allylic oxidation sites excluding steroid dienone is 2. The Morgan fingerprint density at radius 2 is 2.08 bits per heavy atom. The molecule has 0 aromatic heterocycles. The molecule has 0 amide bonds. The number of hydrogen-bond acceptors (Lipinski definition) is 2. The van der Waals surface area contributed by atoms with Crippen molar-refractivity contribution in [2.24, 2.45) is 17.8 Å². The summed E-state index contributed by atoms with van der Waals surface area (Å²) in [6, 6.07) is 6.70. The van der Waals surface area contributed by atoms with Gasteiger partial charge < -0.3 is 4.79 Å². The summed E-state index contributed by atoms with van der Waals surface area (Å²) in [6.07, 6.45) is 17.9. The number of thioether (sulfide) groups is 1. The molecule has 3 atom stereocenters. The molecular formula is C23H32OS. The molecule has 1 saturated carbocycles. The van der Waals surface area contributed by atoms with Crippen LogP contribution in [0.15, 0.2) is 35.2 Å². The smallest absolute Gasteiger partial charge is 0.130 e. The maximum absolute atomic E-state index is 10.7. The number of carbonyl (C=O) groups is 1. The van der Waals surface area contributed by atoms with Gasteiger partial charge in [0.1, 0.15) is 6.29 Å². The van der Waals surface area contributed by atoms with Gasteiger partial charge in [-0.15, -0.1) is 11.8 Å². The minimum Gasteiger partial charge on any atom is -0.302 e. The number of aldehydes is 1. The molecular weight excluding hydrogens is 324 g/mol. The van der Waals surface area contributed by atoms with Crippen molar-refractivity contribution < 1.29 is 4.79 Å². The molecule has 0 bridgehead atoms. The fourth-order valence-corrected chi connectivity index (χ4v) is 5.57. The van der Waals surface area contributed by atoms with E-state index >= 15 is 0 Å². The summed E-state index contributed by atoms with van der Waals surface area (Å²) in [7, 11) is 0. The van der Waals surface area contributed by atoms with Gasteiger partial charge in [0.05, 0.1) is 5.75 Å². The summed E-state index contributed by atoms with van der Waals surface area (Å²) in [4.78, 5) is 12.1. The van der Waals surface area contributed by atoms with E-state index in [0.29, 0.717) is 5.75 Å². The molecule has 0 saturated heterocycles. The first-order valence-corrected chi connectivity index (χ1v) is 11.2. The van der Waals surface area contributed by atoms with Gasteiger partial charge in [0.2, 0.25) is 0 Å². The van der Waals surface area contributed by atoms with Gasteiger partial charge in [-0.2, -0.15) is 0 Å². The Kier molecular flexibility index (Phi) is 7.22. The van der Waals surface area contributed by atoms with Crippen LogP contribution in [0.4, 0.5) is 0 Å². The summed E-state index contributed by atoms with van der Waals surface area (Å²) in [5, 5.41) is 0.